The quantitative estimate of drug-likeness (QED) is 0.919. The monoisotopic (exact) mass is 292 g/mol. The highest BCUT2D eigenvalue weighted by atomic mass is 32.2. The minimum absolute atomic E-state index is 0.375. The Hall–Kier alpha value is -0.610. The zero-order chi connectivity index (χ0) is 13.1. The van der Waals surface area contributed by atoms with Gasteiger partial charge in [-0.3, -0.25) is 4.99 Å². The van der Waals surface area contributed by atoms with E-state index in [1.54, 1.807) is 0 Å². The molecule has 2 atom stereocenters. The SMILES string of the molecule is CC1(CN=C2NC(c3ccccc3)CS2)CCCS1. The minimum Gasteiger partial charge on any atom is -0.357 e. The molecule has 4 heteroatoms. The average molecular weight is 292 g/mol. The van der Waals surface area contributed by atoms with E-state index in [1.165, 1.54) is 24.2 Å². The summed E-state index contributed by atoms with van der Waals surface area (Å²) in [4.78, 5) is 4.80. The normalized spacial score (nSPS) is 32.7. The highest BCUT2D eigenvalue weighted by Gasteiger charge is 2.30. The van der Waals surface area contributed by atoms with Gasteiger partial charge in [0.1, 0.15) is 0 Å². The number of hydrogen-bond acceptors (Lipinski definition) is 3. The first-order valence-electron chi connectivity index (χ1n) is 6.88. The number of hydrogen-bond donors (Lipinski definition) is 1. The standard InChI is InChI=1S/C15H20N2S2/c1-15(8-5-9-19-15)11-16-14-17-13(10-18-14)12-6-3-2-4-7-12/h2-4,6-7,13H,5,8-11H2,1H3,(H,16,17). The predicted molar refractivity (Wildman–Crippen MR) is 87.2 cm³/mol. The molecule has 2 aliphatic heterocycles. The zero-order valence-corrected chi connectivity index (χ0v) is 12.9. The van der Waals surface area contributed by atoms with Crippen LogP contribution in [-0.2, 0) is 0 Å². The summed E-state index contributed by atoms with van der Waals surface area (Å²) in [6.45, 7) is 3.30. The Balaban J connectivity index is 1.59. The maximum absolute atomic E-state index is 4.80. The van der Waals surface area contributed by atoms with Gasteiger partial charge in [0, 0.05) is 10.5 Å². The molecule has 0 aliphatic carbocycles. The van der Waals surface area contributed by atoms with Crippen LogP contribution >= 0.6 is 23.5 Å². The molecule has 0 radical (unpaired) electrons. The van der Waals surface area contributed by atoms with E-state index in [4.69, 9.17) is 4.99 Å². The minimum atomic E-state index is 0.375. The van der Waals surface area contributed by atoms with Crippen LogP contribution in [0.3, 0.4) is 0 Å². The van der Waals surface area contributed by atoms with Crippen LogP contribution < -0.4 is 5.32 Å². The lowest BCUT2D eigenvalue weighted by Crippen LogP contribution is -2.24. The van der Waals surface area contributed by atoms with Crippen LogP contribution in [0, 0.1) is 0 Å². The Morgan fingerprint density at radius 1 is 1.37 bits per heavy atom. The molecule has 1 N–H and O–H groups in total. The second-order valence-corrected chi connectivity index (χ2v) is 8.13. The van der Waals surface area contributed by atoms with Crippen LogP contribution in [0.2, 0.25) is 0 Å². The van der Waals surface area contributed by atoms with Crippen LogP contribution in [0.15, 0.2) is 35.3 Å². The smallest absolute Gasteiger partial charge is 0.157 e. The number of aliphatic imine (C=N–C) groups is 1. The Kier molecular flexibility index (Phi) is 4.08. The largest absolute Gasteiger partial charge is 0.357 e. The van der Waals surface area contributed by atoms with Crippen molar-refractivity contribution >= 4 is 28.7 Å². The molecule has 2 aliphatic rings. The topological polar surface area (TPSA) is 24.4 Å². The Labute approximate surface area is 123 Å². The summed E-state index contributed by atoms with van der Waals surface area (Å²) in [6.07, 6.45) is 2.65. The molecule has 2 fully saturated rings. The molecule has 1 aromatic rings. The Morgan fingerprint density at radius 2 is 2.21 bits per heavy atom. The van der Waals surface area contributed by atoms with E-state index in [0.29, 0.717) is 10.8 Å². The third-order valence-corrected chi connectivity index (χ3v) is 6.29. The number of nitrogens with zero attached hydrogens (tertiary/aromatic N) is 1. The van der Waals surface area contributed by atoms with Crippen molar-refractivity contribution in [3.05, 3.63) is 35.9 Å². The summed E-state index contributed by atoms with van der Waals surface area (Å²) >= 11 is 3.94. The molecule has 3 rings (SSSR count). The molecule has 2 saturated heterocycles. The zero-order valence-electron chi connectivity index (χ0n) is 11.3. The first-order valence-corrected chi connectivity index (χ1v) is 8.85. The van der Waals surface area contributed by atoms with Crippen LogP contribution in [0.4, 0.5) is 0 Å². The van der Waals surface area contributed by atoms with Gasteiger partial charge in [0.2, 0.25) is 0 Å². The number of thioether (sulfide) groups is 2. The van der Waals surface area contributed by atoms with Crippen molar-refractivity contribution in [1.82, 2.24) is 5.32 Å². The Bertz CT molecular complexity index is 452. The van der Waals surface area contributed by atoms with Crippen LogP contribution in [-0.4, -0.2) is 28.0 Å². The fourth-order valence-electron chi connectivity index (χ4n) is 2.55. The van der Waals surface area contributed by atoms with Crippen molar-refractivity contribution in [2.45, 2.75) is 30.6 Å². The fraction of sp³-hybridized carbons (Fsp3) is 0.533. The molecule has 2 heterocycles. The lowest BCUT2D eigenvalue weighted by Gasteiger charge is -2.19. The maximum Gasteiger partial charge on any atom is 0.157 e. The Morgan fingerprint density at radius 3 is 2.95 bits per heavy atom. The second kappa shape index (κ2) is 5.80. The summed E-state index contributed by atoms with van der Waals surface area (Å²) < 4.78 is 0.375. The van der Waals surface area contributed by atoms with Crippen LogP contribution in [0.5, 0.6) is 0 Å². The first-order chi connectivity index (χ1) is 9.25. The van der Waals surface area contributed by atoms with Gasteiger partial charge in [-0.05, 0) is 31.1 Å². The van der Waals surface area contributed by atoms with E-state index in [0.717, 1.165) is 17.5 Å². The number of nitrogens with one attached hydrogen (secondary N) is 1. The van der Waals surface area contributed by atoms with E-state index in [2.05, 4.69) is 54.3 Å². The van der Waals surface area contributed by atoms with Crippen molar-refractivity contribution < 1.29 is 0 Å². The van der Waals surface area contributed by atoms with Crippen LogP contribution in [0.1, 0.15) is 31.4 Å². The molecule has 2 nitrogen and oxygen atoms in total. The van der Waals surface area contributed by atoms with Crippen molar-refractivity contribution in [2.75, 3.05) is 18.1 Å². The van der Waals surface area contributed by atoms with E-state index in [-0.39, 0.29) is 0 Å². The van der Waals surface area contributed by atoms with Gasteiger partial charge in [-0.1, -0.05) is 42.1 Å². The van der Waals surface area contributed by atoms with E-state index in [1.807, 2.05) is 11.8 Å². The summed E-state index contributed by atoms with van der Waals surface area (Å²) in [7, 11) is 0. The molecule has 1 aromatic carbocycles. The molecule has 0 amide bonds. The van der Waals surface area contributed by atoms with E-state index < -0.39 is 0 Å². The van der Waals surface area contributed by atoms with Crippen molar-refractivity contribution in [1.29, 1.82) is 0 Å². The predicted octanol–water partition coefficient (Wildman–Crippen LogP) is 3.71. The van der Waals surface area contributed by atoms with Crippen molar-refractivity contribution in [3.8, 4) is 0 Å². The summed E-state index contributed by atoms with van der Waals surface area (Å²) in [5.74, 6) is 2.39. The molecule has 0 aromatic heterocycles. The van der Waals surface area contributed by atoms with Gasteiger partial charge in [0.05, 0.1) is 12.6 Å². The van der Waals surface area contributed by atoms with E-state index in [9.17, 15) is 0 Å². The summed E-state index contributed by atoms with van der Waals surface area (Å²) in [5, 5.41) is 4.68. The van der Waals surface area contributed by atoms with E-state index >= 15 is 0 Å². The third kappa shape index (κ3) is 3.29. The highest BCUT2D eigenvalue weighted by Crippen LogP contribution is 2.38. The lowest BCUT2D eigenvalue weighted by atomic mass is 10.1. The molecular formula is C15H20N2S2. The summed E-state index contributed by atoms with van der Waals surface area (Å²) in [5.41, 5.74) is 1.36. The number of amidine groups is 1. The van der Waals surface area contributed by atoms with Crippen molar-refractivity contribution in [2.24, 2.45) is 4.99 Å². The van der Waals surface area contributed by atoms with Crippen LogP contribution in [0.25, 0.3) is 0 Å². The van der Waals surface area contributed by atoms with Gasteiger partial charge in [0.15, 0.2) is 5.17 Å². The molecule has 19 heavy (non-hydrogen) atoms. The van der Waals surface area contributed by atoms with Crippen molar-refractivity contribution in [3.63, 3.8) is 0 Å². The van der Waals surface area contributed by atoms with Gasteiger partial charge >= 0.3 is 0 Å². The molecule has 102 valence electrons. The average Bonchev–Trinajstić information content (AvgIpc) is 3.07. The highest BCUT2D eigenvalue weighted by molar-refractivity contribution is 8.14. The molecule has 0 spiro atoms. The van der Waals surface area contributed by atoms with Gasteiger partial charge in [-0.2, -0.15) is 11.8 Å². The number of benzene rings is 1. The first kappa shape index (κ1) is 13.4. The summed E-state index contributed by atoms with van der Waals surface area (Å²) in [6, 6.07) is 11.1. The molecular weight excluding hydrogens is 272 g/mol. The molecule has 0 bridgehead atoms. The molecule has 0 saturated carbocycles. The van der Waals surface area contributed by atoms with Gasteiger partial charge in [0.25, 0.3) is 0 Å². The second-order valence-electron chi connectivity index (χ2n) is 5.44. The van der Waals surface area contributed by atoms with Gasteiger partial charge in [-0.25, -0.2) is 0 Å². The maximum atomic E-state index is 4.80. The fourth-order valence-corrected chi connectivity index (χ4v) is 4.76. The van der Waals surface area contributed by atoms with Gasteiger partial charge in [-0.15, -0.1) is 0 Å². The lowest BCUT2D eigenvalue weighted by molar-refractivity contribution is 0.617. The number of rotatable bonds is 3. The molecule has 2 unspecified atom stereocenters. The third-order valence-electron chi connectivity index (χ3n) is 3.74. The van der Waals surface area contributed by atoms with Gasteiger partial charge < -0.3 is 5.32 Å².